The number of anilines is 2. The quantitative estimate of drug-likeness (QED) is 0.280. The van der Waals surface area contributed by atoms with E-state index in [0.717, 1.165) is 10.9 Å². The Balaban J connectivity index is 1.24. The van der Waals surface area contributed by atoms with Gasteiger partial charge in [0.25, 0.3) is 5.91 Å². The van der Waals surface area contributed by atoms with E-state index in [9.17, 15) is 19.2 Å². The van der Waals surface area contributed by atoms with Crippen molar-refractivity contribution in [3.05, 3.63) is 93.4 Å². The fourth-order valence-corrected chi connectivity index (χ4v) is 5.95. The standard InChI is InChI=1S/C29H24BrClN2O5/c30-20-10-12-25(24(31)15-20)32-26(34)16-38-29(37)19-7-4-8-21(13-19)33-27(35)22-11-9-18(14-23(22)28(33)36)17-5-2-1-3-6-17/h1-8,10,12-13,15,18,22-23H,9,11,14,16H2,(H,32,34)/t18-,22-,23+/m1/s1. The summed E-state index contributed by atoms with van der Waals surface area (Å²) in [5.41, 5.74) is 2.03. The number of esters is 1. The monoisotopic (exact) mass is 594 g/mol. The predicted molar refractivity (Wildman–Crippen MR) is 147 cm³/mol. The van der Waals surface area contributed by atoms with Gasteiger partial charge in [-0.1, -0.05) is 63.9 Å². The van der Waals surface area contributed by atoms with E-state index in [1.807, 2.05) is 18.2 Å². The number of benzene rings is 3. The molecule has 1 saturated heterocycles. The number of imide groups is 1. The lowest BCUT2D eigenvalue weighted by molar-refractivity contribution is -0.122. The molecule has 2 aliphatic rings. The Morgan fingerprint density at radius 1 is 0.947 bits per heavy atom. The maximum Gasteiger partial charge on any atom is 0.338 e. The Kier molecular flexibility index (Phi) is 7.63. The average molecular weight is 596 g/mol. The molecule has 1 heterocycles. The summed E-state index contributed by atoms with van der Waals surface area (Å²) in [7, 11) is 0. The van der Waals surface area contributed by atoms with Crippen molar-refractivity contribution in [2.24, 2.45) is 11.8 Å². The van der Waals surface area contributed by atoms with Crippen molar-refractivity contribution < 1.29 is 23.9 Å². The fourth-order valence-electron chi connectivity index (χ4n) is 5.23. The summed E-state index contributed by atoms with van der Waals surface area (Å²) in [6.07, 6.45) is 2.11. The molecule has 0 spiro atoms. The molecule has 0 radical (unpaired) electrons. The van der Waals surface area contributed by atoms with Gasteiger partial charge in [-0.05, 0) is 67.1 Å². The van der Waals surface area contributed by atoms with Crippen molar-refractivity contribution in [3.8, 4) is 0 Å². The SMILES string of the molecule is O=C(COC(=O)c1cccc(N2C(=O)[C@H]3C[C@H](c4ccccc4)CC[C@H]3C2=O)c1)Nc1ccc(Br)cc1Cl. The first kappa shape index (κ1) is 26.1. The Bertz CT molecular complexity index is 1410. The maximum atomic E-state index is 13.4. The van der Waals surface area contributed by atoms with Crippen LogP contribution in [0.4, 0.5) is 11.4 Å². The number of rotatable bonds is 6. The highest BCUT2D eigenvalue weighted by atomic mass is 79.9. The van der Waals surface area contributed by atoms with Gasteiger partial charge in [0.1, 0.15) is 0 Å². The molecule has 2 fully saturated rings. The van der Waals surface area contributed by atoms with Crippen LogP contribution in [0.5, 0.6) is 0 Å². The normalized spacial score (nSPS) is 20.7. The molecule has 7 nitrogen and oxygen atoms in total. The summed E-state index contributed by atoms with van der Waals surface area (Å²) in [4.78, 5) is 52.7. The molecule has 3 aromatic carbocycles. The summed E-state index contributed by atoms with van der Waals surface area (Å²) < 4.78 is 5.92. The minimum atomic E-state index is -0.746. The molecule has 3 amide bonds. The molecule has 194 valence electrons. The van der Waals surface area contributed by atoms with Crippen molar-refractivity contribution >= 4 is 62.6 Å². The van der Waals surface area contributed by atoms with Gasteiger partial charge in [0.05, 0.1) is 33.8 Å². The predicted octanol–water partition coefficient (Wildman–Crippen LogP) is 5.97. The van der Waals surface area contributed by atoms with Gasteiger partial charge >= 0.3 is 5.97 Å². The second-order valence-corrected chi connectivity index (χ2v) is 10.8. The van der Waals surface area contributed by atoms with Gasteiger partial charge < -0.3 is 10.1 Å². The van der Waals surface area contributed by atoms with Crippen LogP contribution in [-0.4, -0.2) is 30.3 Å². The van der Waals surface area contributed by atoms with Gasteiger partial charge in [0, 0.05) is 4.47 Å². The van der Waals surface area contributed by atoms with Crippen molar-refractivity contribution in [2.45, 2.75) is 25.2 Å². The molecule has 1 N–H and O–H groups in total. The van der Waals surface area contributed by atoms with Gasteiger partial charge in [0.2, 0.25) is 11.8 Å². The fraction of sp³-hybridized carbons (Fsp3) is 0.241. The molecule has 0 bridgehead atoms. The second-order valence-electron chi connectivity index (χ2n) is 9.44. The van der Waals surface area contributed by atoms with E-state index in [1.165, 1.54) is 22.6 Å². The van der Waals surface area contributed by atoms with E-state index in [4.69, 9.17) is 16.3 Å². The van der Waals surface area contributed by atoms with Crippen molar-refractivity contribution in [2.75, 3.05) is 16.8 Å². The van der Waals surface area contributed by atoms with Crippen LogP contribution >= 0.6 is 27.5 Å². The number of amides is 3. The molecule has 3 atom stereocenters. The smallest absolute Gasteiger partial charge is 0.338 e. The molecule has 1 aliphatic heterocycles. The molecule has 1 saturated carbocycles. The molecular formula is C29H24BrClN2O5. The van der Waals surface area contributed by atoms with Gasteiger partial charge in [0.15, 0.2) is 6.61 Å². The molecule has 1 aliphatic carbocycles. The summed E-state index contributed by atoms with van der Waals surface area (Å²) in [6, 6.07) is 21.2. The lowest BCUT2D eigenvalue weighted by Crippen LogP contribution is -2.31. The maximum absolute atomic E-state index is 13.4. The van der Waals surface area contributed by atoms with Crippen LogP contribution in [0, 0.1) is 11.8 Å². The van der Waals surface area contributed by atoms with Crippen LogP contribution < -0.4 is 10.2 Å². The van der Waals surface area contributed by atoms with Crippen LogP contribution in [0.15, 0.2) is 77.3 Å². The summed E-state index contributed by atoms with van der Waals surface area (Å²) >= 11 is 9.40. The van der Waals surface area contributed by atoms with Crippen LogP contribution in [0.2, 0.25) is 5.02 Å². The molecule has 38 heavy (non-hydrogen) atoms. The lowest BCUT2D eigenvalue weighted by Gasteiger charge is -2.28. The Morgan fingerprint density at radius 3 is 2.47 bits per heavy atom. The Hall–Kier alpha value is -3.49. The highest BCUT2D eigenvalue weighted by molar-refractivity contribution is 9.10. The number of nitrogens with one attached hydrogen (secondary N) is 1. The molecule has 9 heteroatoms. The second kappa shape index (κ2) is 11.1. The first-order valence-corrected chi connectivity index (χ1v) is 13.4. The van der Waals surface area contributed by atoms with E-state index >= 15 is 0 Å². The van der Waals surface area contributed by atoms with E-state index in [0.29, 0.717) is 29.2 Å². The number of fused-ring (bicyclic) bond motifs is 1. The molecule has 0 unspecified atom stereocenters. The van der Waals surface area contributed by atoms with Gasteiger partial charge in [-0.15, -0.1) is 0 Å². The van der Waals surface area contributed by atoms with Crippen LogP contribution in [-0.2, 0) is 19.1 Å². The van der Waals surface area contributed by atoms with Crippen LogP contribution in [0.1, 0.15) is 41.1 Å². The zero-order valence-electron chi connectivity index (χ0n) is 20.2. The number of hydrogen-bond donors (Lipinski definition) is 1. The van der Waals surface area contributed by atoms with E-state index in [2.05, 4.69) is 33.4 Å². The molecule has 3 aromatic rings. The van der Waals surface area contributed by atoms with E-state index < -0.39 is 18.5 Å². The van der Waals surface area contributed by atoms with Crippen molar-refractivity contribution in [1.29, 1.82) is 0 Å². The van der Waals surface area contributed by atoms with Crippen LogP contribution in [0.3, 0.4) is 0 Å². The van der Waals surface area contributed by atoms with Gasteiger partial charge in [-0.2, -0.15) is 0 Å². The van der Waals surface area contributed by atoms with Crippen molar-refractivity contribution in [1.82, 2.24) is 0 Å². The number of halogens is 2. The zero-order chi connectivity index (χ0) is 26.8. The highest BCUT2D eigenvalue weighted by Crippen LogP contribution is 2.45. The molecule has 0 aromatic heterocycles. The number of hydrogen-bond acceptors (Lipinski definition) is 5. The van der Waals surface area contributed by atoms with Gasteiger partial charge in [-0.25, -0.2) is 4.79 Å². The number of ether oxygens (including phenoxy) is 1. The lowest BCUT2D eigenvalue weighted by atomic mass is 9.73. The third-order valence-electron chi connectivity index (χ3n) is 7.08. The minimum Gasteiger partial charge on any atom is -0.452 e. The van der Waals surface area contributed by atoms with E-state index in [-0.39, 0.29) is 35.1 Å². The van der Waals surface area contributed by atoms with Crippen LogP contribution in [0.25, 0.3) is 0 Å². The number of carbonyl (C=O) groups excluding carboxylic acids is 4. The summed E-state index contributed by atoms with van der Waals surface area (Å²) in [5.74, 6) is -2.28. The third-order valence-corrected chi connectivity index (χ3v) is 7.88. The third kappa shape index (κ3) is 5.37. The zero-order valence-corrected chi connectivity index (χ0v) is 22.6. The summed E-state index contributed by atoms with van der Waals surface area (Å²) in [5, 5.41) is 2.92. The summed E-state index contributed by atoms with van der Waals surface area (Å²) in [6.45, 7) is -0.526. The molecular weight excluding hydrogens is 572 g/mol. The van der Waals surface area contributed by atoms with Crippen molar-refractivity contribution in [3.63, 3.8) is 0 Å². The highest BCUT2D eigenvalue weighted by Gasteiger charge is 2.50. The minimum absolute atomic E-state index is 0.134. The average Bonchev–Trinajstić information content (AvgIpc) is 3.18. The molecule has 5 rings (SSSR count). The largest absolute Gasteiger partial charge is 0.452 e. The Morgan fingerprint density at radius 2 is 1.71 bits per heavy atom. The number of carbonyl (C=O) groups is 4. The first-order chi connectivity index (χ1) is 18.3. The first-order valence-electron chi connectivity index (χ1n) is 12.3. The Labute approximate surface area is 233 Å². The van der Waals surface area contributed by atoms with E-state index in [1.54, 1.807) is 30.3 Å². The number of nitrogens with zero attached hydrogens (tertiary/aromatic N) is 1. The topological polar surface area (TPSA) is 92.8 Å². The van der Waals surface area contributed by atoms with Gasteiger partial charge in [-0.3, -0.25) is 19.3 Å².